The summed E-state index contributed by atoms with van der Waals surface area (Å²) < 4.78 is 0. The standard InChI is InChI=1S/C17H25NS/c1-12-3-4-13(2)16(11-12)19-10-9-18-17(14-5-6-14)15-7-8-15/h3-4,11,14-15,17-18H,5-10H2,1-2H3. The van der Waals surface area contributed by atoms with Crippen molar-refractivity contribution in [3.05, 3.63) is 29.3 Å². The van der Waals surface area contributed by atoms with Gasteiger partial charge in [-0.2, -0.15) is 0 Å². The first-order valence-electron chi connectivity index (χ1n) is 7.67. The molecular weight excluding hydrogens is 250 g/mol. The Kier molecular flexibility index (Phi) is 4.18. The summed E-state index contributed by atoms with van der Waals surface area (Å²) in [6, 6.07) is 7.61. The maximum Gasteiger partial charge on any atom is 0.0124 e. The minimum Gasteiger partial charge on any atom is -0.313 e. The predicted octanol–water partition coefficient (Wildman–Crippen LogP) is 4.17. The van der Waals surface area contributed by atoms with E-state index < -0.39 is 0 Å². The van der Waals surface area contributed by atoms with Crippen LogP contribution in [0.15, 0.2) is 23.1 Å². The Hall–Kier alpha value is -0.470. The second-order valence-electron chi connectivity index (χ2n) is 6.27. The lowest BCUT2D eigenvalue weighted by Gasteiger charge is -2.17. The topological polar surface area (TPSA) is 12.0 Å². The molecule has 0 saturated heterocycles. The van der Waals surface area contributed by atoms with Crippen LogP contribution in [0, 0.1) is 25.7 Å². The van der Waals surface area contributed by atoms with E-state index in [0.29, 0.717) is 0 Å². The summed E-state index contributed by atoms with van der Waals surface area (Å²) in [4.78, 5) is 1.45. The summed E-state index contributed by atoms with van der Waals surface area (Å²) in [5.41, 5.74) is 2.78. The van der Waals surface area contributed by atoms with Crippen molar-refractivity contribution in [2.24, 2.45) is 11.8 Å². The average Bonchev–Trinajstić information content (AvgIpc) is 3.26. The number of hydrogen-bond donors (Lipinski definition) is 1. The summed E-state index contributed by atoms with van der Waals surface area (Å²) in [5.74, 6) is 3.22. The third kappa shape index (κ3) is 3.76. The molecule has 2 heteroatoms. The van der Waals surface area contributed by atoms with Gasteiger partial charge >= 0.3 is 0 Å². The number of aryl methyl sites for hydroxylation is 2. The summed E-state index contributed by atoms with van der Waals surface area (Å²) in [5, 5.41) is 3.83. The number of nitrogens with one attached hydrogen (secondary N) is 1. The van der Waals surface area contributed by atoms with E-state index in [2.05, 4.69) is 37.4 Å². The molecule has 0 heterocycles. The number of rotatable bonds is 7. The number of benzene rings is 1. The van der Waals surface area contributed by atoms with Crippen LogP contribution in [0.5, 0.6) is 0 Å². The fourth-order valence-electron chi connectivity index (χ4n) is 2.88. The first kappa shape index (κ1) is 13.5. The van der Waals surface area contributed by atoms with Crippen LogP contribution in [0.4, 0.5) is 0 Å². The van der Waals surface area contributed by atoms with Gasteiger partial charge in [-0.3, -0.25) is 0 Å². The number of hydrogen-bond acceptors (Lipinski definition) is 2. The quantitative estimate of drug-likeness (QED) is 0.592. The summed E-state index contributed by atoms with van der Waals surface area (Å²) in [6.45, 7) is 5.56. The van der Waals surface area contributed by atoms with Crippen LogP contribution in [-0.2, 0) is 0 Å². The molecule has 2 aliphatic rings. The zero-order valence-corrected chi connectivity index (χ0v) is 12.9. The normalized spacial score (nSPS) is 19.1. The molecule has 1 nitrogen and oxygen atoms in total. The third-order valence-electron chi connectivity index (χ3n) is 4.34. The van der Waals surface area contributed by atoms with Gasteiger partial charge in [0.05, 0.1) is 0 Å². The first-order valence-corrected chi connectivity index (χ1v) is 8.66. The highest BCUT2D eigenvalue weighted by molar-refractivity contribution is 7.99. The molecular formula is C17H25NS. The Morgan fingerprint density at radius 1 is 1.16 bits per heavy atom. The van der Waals surface area contributed by atoms with Gasteiger partial charge in [0.1, 0.15) is 0 Å². The van der Waals surface area contributed by atoms with Crippen molar-refractivity contribution in [1.82, 2.24) is 5.32 Å². The molecule has 0 amide bonds. The first-order chi connectivity index (χ1) is 9.24. The van der Waals surface area contributed by atoms with Crippen LogP contribution in [0.25, 0.3) is 0 Å². The molecule has 0 spiro atoms. The van der Waals surface area contributed by atoms with Crippen molar-refractivity contribution in [2.75, 3.05) is 12.3 Å². The fraction of sp³-hybridized carbons (Fsp3) is 0.647. The van der Waals surface area contributed by atoms with Gasteiger partial charge in [0.15, 0.2) is 0 Å². The van der Waals surface area contributed by atoms with Gasteiger partial charge in [-0.1, -0.05) is 17.7 Å². The maximum absolute atomic E-state index is 3.83. The molecule has 0 unspecified atom stereocenters. The molecule has 3 rings (SSSR count). The molecule has 2 aliphatic carbocycles. The van der Waals surface area contributed by atoms with Crippen molar-refractivity contribution >= 4 is 11.8 Å². The van der Waals surface area contributed by atoms with E-state index in [0.717, 1.165) is 24.4 Å². The smallest absolute Gasteiger partial charge is 0.0124 e. The summed E-state index contributed by atoms with van der Waals surface area (Å²) in [7, 11) is 0. The van der Waals surface area contributed by atoms with Crippen molar-refractivity contribution in [3.8, 4) is 0 Å². The second-order valence-corrected chi connectivity index (χ2v) is 7.41. The molecule has 0 bridgehead atoms. The molecule has 2 saturated carbocycles. The highest BCUT2D eigenvalue weighted by Gasteiger charge is 2.40. The van der Waals surface area contributed by atoms with Gasteiger partial charge in [0.2, 0.25) is 0 Å². The van der Waals surface area contributed by atoms with Crippen LogP contribution in [0.3, 0.4) is 0 Å². The van der Waals surface area contributed by atoms with E-state index in [9.17, 15) is 0 Å². The van der Waals surface area contributed by atoms with Crippen LogP contribution < -0.4 is 5.32 Å². The Morgan fingerprint density at radius 3 is 2.47 bits per heavy atom. The molecule has 0 aliphatic heterocycles. The Balaban J connectivity index is 1.43. The van der Waals surface area contributed by atoms with Crippen molar-refractivity contribution < 1.29 is 0 Å². The minimum atomic E-state index is 0.846. The van der Waals surface area contributed by atoms with Crippen molar-refractivity contribution in [3.63, 3.8) is 0 Å². The van der Waals surface area contributed by atoms with E-state index in [1.807, 2.05) is 11.8 Å². The molecule has 1 aromatic rings. The third-order valence-corrected chi connectivity index (χ3v) is 5.50. The lowest BCUT2D eigenvalue weighted by Crippen LogP contribution is -2.34. The zero-order chi connectivity index (χ0) is 13.2. The van der Waals surface area contributed by atoms with Gasteiger partial charge < -0.3 is 5.32 Å². The molecule has 104 valence electrons. The Bertz CT molecular complexity index is 423. The molecule has 1 aromatic carbocycles. The lowest BCUT2D eigenvalue weighted by atomic mass is 10.1. The molecule has 0 aromatic heterocycles. The van der Waals surface area contributed by atoms with Gasteiger partial charge in [-0.05, 0) is 63.0 Å². The van der Waals surface area contributed by atoms with Crippen LogP contribution in [0.2, 0.25) is 0 Å². The highest BCUT2D eigenvalue weighted by atomic mass is 32.2. The van der Waals surface area contributed by atoms with Gasteiger partial charge in [0, 0.05) is 23.2 Å². The second kappa shape index (κ2) is 5.88. The Morgan fingerprint density at radius 2 is 1.84 bits per heavy atom. The predicted molar refractivity (Wildman–Crippen MR) is 83.9 cm³/mol. The molecule has 19 heavy (non-hydrogen) atoms. The van der Waals surface area contributed by atoms with E-state index in [-0.39, 0.29) is 0 Å². The molecule has 0 atom stereocenters. The Labute approximate surface area is 121 Å². The van der Waals surface area contributed by atoms with Crippen LogP contribution in [-0.4, -0.2) is 18.3 Å². The minimum absolute atomic E-state index is 0.846. The largest absolute Gasteiger partial charge is 0.313 e. The van der Waals surface area contributed by atoms with Crippen LogP contribution in [0.1, 0.15) is 36.8 Å². The van der Waals surface area contributed by atoms with E-state index in [1.54, 1.807) is 0 Å². The van der Waals surface area contributed by atoms with Crippen molar-refractivity contribution in [1.29, 1.82) is 0 Å². The SMILES string of the molecule is Cc1ccc(C)c(SCCNC(C2CC2)C2CC2)c1. The number of thioether (sulfide) groups is 1. The lowest BCUT2D eigenvalue weighted by molar-refractivity contribution is 0.429. The van der Waals surface area contributed by atoms with Crippen LogP contribution >= 0.6 is 11.8 Å². The molecule has 1 N–H and O–H groups in total. The van der Waals surface area contributed by atoms with Gasteiger partial charge in [-0.15, -0.1) is 11.8 Å². The van der Waals surface area contributed by atoms with Crippen molar-refractivity contribution in [2.45, 2.75) is 50.5 Å². The summed E-state index contributed by atoms with van der Waals surface area (Å²) in [6.07, 6.45) is 5.88. The van der Waals surface area contributed by atoms with E-state index >= 15 is 0 Å². The summed E-state index contributed by atoms with van der Waals surface area (Å²) >= 11 is 2.00. The highest BCUT2D eigenvalue weighted by Crippen LogP contribution is 2.44. The van der Waals surface area contributed by atoms with E-state index in [1.165, 1.54) is 47.5 Å². The van der Waals surface area contributed by atoms with Gasteiger partial charge in [0.25, 0.3) is 0 Å². The van der Waals surface area contributed by atoms with E-state index in [4.69, 9.17) is 0 Å². The maximum atomic E-state index is 3.83. The zero-order valence-electron chi connectivity index (χ0n) is 12.1. The average molecular weight is 275 g/mol. The van der Waals surface area contributed by atoms with Gasteiger partial charge in [-0.25, -0.2) is 0 Å². The monoisotopic (exact) mass is 275 g/mol. The fourth-order valence-corrected chi connectivity index (χ4v) is 3.88. The molecule has 2 fully saturated rings. The molecule has 0 radical (unpaired) electrons.